The highest BCUT2D eigenvalue weighted by Crippen LogP contribution is 2.17. The van der Waals surface area contributed by atoms with Crippen LogP contribution in [0.25, 0.3) is 0 Å². The van der Waals surface area contributed by atoms with Gasteiger partial charge in [0.2, 0.25) is 0 Å². The molecule has 0 fully saturated rings. The molecule has 0 aliphatic carbocycles. The number of aryl methyl sites for hydroxylation is 1. The van der Waals surface area contributed by atoms with Crippen LogP contribution in [0.4, 0.5) is 0 Å². The average molecular weight is 288 g/mol. The second-order valence-corrected chi connectivity index (χ2v) is 6.18. The van der Waals surface area contributed by atoms with Crippen LogP contribution in [0.2, 0.25) is 0 Å². The molecule has 0 aromatic carbocycles. The third-order valence-corrected chi connectivity index (χ3v) is 4.64. The minimum absolute atomic E-state index is 0.0472. The number of nitrogens with zero attached hydrogens (tertiary/aromatic N) is 1. The Bertz CT molecular complexity index is 492. The molecular weight excluding hydrogens is 264 g/mol. The van der Waals surface area contributed by atoms with Crippen LogP contribution in [0.3, 0.4) is 0 Å². The molecule has 110 valence electrons. The van der Waals surface area contributed by atoms with Gasteiger partial charge in [-0.3, -0.25) is 5.10 Å². The SMILES string of the molecule is CCNCc1c(S(=O)(=O)NC(CC)CC)n[nH]c1C. The van der Waals surface area contributed by atoms with Gasteiger partial charge in [0.25, 0.3) is 10.0 Å². The summed E-state index contributed by atoms with van der Waals surface area (Å²) in [7, 11) is -3.56. The van der Waals surface area contributed by atoms with Crippen molar-refractivity contribution in [1.29, 1.82) is 0 Å². The number of nitrogens with one attached hydrogen (secondary N) is 3. The van der Waals surface area contributed by atoms with Crippen molar-refractivity contribution in [2.75, 3.05) is 6.54 Å². The first-order valence-electron chi connectivity index (χ1n) is 6.73. The maximum atomic E-state index is 12.3. The van der Waals surface area contributed by atoms with E-state index in [0.29, 0.717) is 12.1 Å². The van der Waals surface area contributed by atoms with Crippen molar-refractivity contribution in [3.63, 3.8) is 0 Å². The molecule has 1 aromatic heterocycles. The van der Waals surface area contributed by atoms with Crippen molar-refractivity contribution < 1.29 is 8.42 Å². The van der Waals surface area contributed by atoms with E-state index in [9.17, 15) is 8.42 Å². The van der Waals surface area contributed by atoms with Crippen LogP contribution in [0.5, 0.6) is 0 Å². The molecule has 0 aliphatic rings. The fourth-order valence-electron chi connectivity index (χ4n) is 1.84. The molecule has 0 spiro atoms. The Hall–Kier alpha value is -0.920. The summed E-state index contributed by atoms with van der Waals surface area (Å²) < 4.78 is 27.4. The molecule has 3 N–H and O–H groups in total. The zero-order valence-corrected chi connectivity index (χ0v) is 12.9. The lowest BCUT2D eigenvalue weighted by molar-refractivity contribution is 0.526. The third kappa shape index (κ3) is 4.02. The van der Waals surface area contributed by atoms with Gasteiger partial charge >= 0.3 is 0 Å². The van der Waals surface area contributed by atoms with Crippen LogP contribution in [-0.4, -0.2) is 31.2 Å². The van der Waals surface area contributed by atoms with Crippen LogP contribution < -0.4 is 10.0 Å². The highest BCUT2D eigenvalue weighted by atomic mass is 32.2. The summed E-state index contributed by atoms with van der Waals surface area (Å²) in [5.74, 6) is 0. The fourth-order valence-corrected chi connectivity index (χ4v) is 3.44. The Morgan fingerprint density at radius 3 is 2.42 bits per heavy atom. The molecule has 7 heteroatoms. The van der Waals surface area contributed by atoms with Crippen molar-refractivity contribution in [1.82, 2.24) is 20.2 Å². The number of H-pyrrole nitrogens is 1. The number of aromatic nitrogens is 2. The molecule has 0 unspecified atom stereocenters. The summed E-state index contributed by atoms with van der Waals surface area (Å²) in [6.45, 7) is 9.02. The fraction of sp³-hybridized carbons (Fsp3) is 0.750. The molecule has 6 nitrogen and oxygen atoms in total. The number of aromatic amines is 1. The van der Waals surface area contributed by atoms with Crippen molar-refractivity contribution in [3.8, 4) is 0 Å². The highest BCUT2D eigenvalue weighted by molar-refractivity contribution is 7.89. The summed E-state index contributed by atoms with van der Waals surface area (Å²) in [5, 5.41) is 9.94. The van der Waals surface area contributed by atoms with Gasteiger partial charge in [0, 0.05) is 23.8 Å². The first-order chi connectivity index (χ1) is 8.96. The Labute approximate surface area is 115 Å². The van der Waals surface area contributed by atoms with Crippen LogP contribution in [0.1, 0.15) is 44.9 Å². The lowest BCUT2D eigenvalue weighted by Crippen LogP contribution is -2.34. The van der Waals surface area contributed by atoms with Gasteiger partial charge in [0.05, 0.1) is 0 Å². The van der Waals surface area contributed by atoms with Gasteiger partial charge in [-0.05, 0) is 26.3 Å². The largest absolute Gasteiger partial charge is 0.313 e. The molecule has 0 radical (unpaired) electrons. The number of sulfonamides is 1. The van der Waals surface area contributed by atoms with Crippen LogP contribution in [-0.2, 0) is 16.6 Å². The monoisotopic (exact) mass is 288 g/mol. The molecule has 1 heterocycles. The predicted molar refractivity (Wildman–Crippen MR) is 75.4 cm³/mol. The Morgan fingerprint density at radius 1 is 1.26 bits per heavy atom. The van der Waals surface area contributed by atoms with Crippen LogP contribution >= 0.6 is 0 Å². The molecule has 0 amide bonds. The first-order valence-corrected chi connectivity index (χ1v) is 8.21. The Kier molecular flexibility index (Phi) is 5.96. The summed E-state index contributed by atoms with van der Waals surface area (Å²) >= 11 is 0. The second kappa shape index (κ2) is 7.02. The van der Waals surface area contributed by atoms with Gasteiger partial charge in [0.1, 0.15) is 0 Å². The summed E-state index contributed by atoms with van der Waals surface area (Å²) in [5.41, 5.74) is 1.49. The molecule has 0 bridgehead atoms. The third-order valence-electron chi connectivity index (χ3n) is 3.15. The lowest BCUT2D eigenvalue weighted by atomic mass is 10.2. The molecular formula is C12H24N4O2S. The van der Waals surface area contributed by atoms with E-state index in [1.54, 1.807) is 0 Å². The topological polar surface area (TPSA) is 86.9 Å². The van der Waals surface area contributed by atoms with Gasteiger partial charge in [-0.2, -0.15) is 5.10 Å². The molecule has 1 rings (SSSR count). The second-order valence-electron chi connectivity index (χ2n) is 4.55. The van der Waals surface area contributed by atoms with E-state index in [4.69, 9.17) is 0 Å². The van der Waals surface area contributed by atoms with Crippen LogP contribution in [0.15, 0.2) is 5.03 Å². The summed E-state index contributed by atoms with van der Waals surface area (Å²) in [6, 6.07) is -0.0472. The normalized spacial score (nSPS) is 12.3. The lowest BCUT2D eigenvalue weighted by Gasteiger charge is -2.14. The minimum Gasteiger partial charge on any atom is -0.313 e. The Morgan fingerprint density at radius 2 is 1.89 bits per heavy atom. The van der Waals surface area contributed by atoms with Gasteiger partial charge in [-0.25, -0.2) is 13.1 Å². The van der Waals surface area contributed by atoms with E-state index >= 15 is 0 Å². The predicted octanol–water partition coefficient (Wildman–Crippen LogP) is 1.29. The van der Waals surface area contributed by atoms with Crippen molar-refractivity contribution in [2.24, 2.45) is 0 Å². The minimum atomic E-state index is -3.56. The van der Waals surface area contributed by atoms with Crippen molar-refractivity contribution >= 4 is 10.0 Å². The molecule has 19 heavy (non-hydrogen) atoms. The van der Waals surface area contributed by atoms with E-state index < -0.39 is 10.0 Å². The van der Waals surface area contributed by atoms with Gasteiger partial charge < -0.3 is 5.32 Å². The molecule has 1 aromatic rings. The van der Waals surface area contributed by atoms with Crippen molar-refractivity contribution in [2.45, 2.75) is 58.1 Å². The molecule has 0 saturated carbocycles. The van der Waals surface area contributed by atoms with E-state index in [1.165, 1.54) is 0 Å². The number of hydrogen-bond donors (Lipinski definition) is 3. The zero-order chi connectivity index (χ0) is 14.5. The maximum absolute atomic E-state index is 12.3. The summed E-state index contributed by atoms with van der Waals surface area (Å²) in [4.78, 5) is 0. The van der Waals surface area contributed by atoms with Gasteiger partial charge in [-0.15, -0.1) is 0 Å². The summed E-state index contributed by atoms with van der Waals surface area (Å²) in [6.07, 6.45) is 1.53. The smallest absolute Gasteiger partial charge is 0.260 e. The molecule has 0 atom stereocenters. The quantitative estimate of drug-likeness (QED) is 0.673. The van der Waals surface area contributed by atoms with E-state index in [0.717, 1.165) is 25.1 Å². The van der Waals surface area contributed by atoms with Crippen LogP contribution in [0, 0.1) is 6.92 Å². The van der Waals surface area contributed by atoms with E-state index in [-0.39, 0.29) is 11.1 Å². The average Bonchev–Trinajstić information content (AvgIpc) is 2.75. The van der Waals surface area contributed by atoms with Gasteiger partial charge in [0.15, 0.2) is 5.03 Å². The van der Waals surface area contributed by atoms with Crippen molar-refractivity contribution in [3.05, 3.63) is 11.3 Å². The first kappa shape index (κ1) is 16.1. The van der Waals surface area contributed by atoms with E-state index in [2.05, 4.69) is 20.2 Å². The molecule has 0 saturated heterocycles. The van der Waals surface area contributed by atoms with Gasteiger partial charge in [-0.1, -0.05) is 20.8 Å². The maximum Gasteiger partial charge on any atom is 0.260 e. The standard InChI is InChI=1S/C12H24N4O2S/c1-5-10(6-2)16-19(17,18)12-11(8-13-7-3)9(4)14-15-12/h10,13,16H,5-8H2,1-4H3,(H,14,15). The molecule has 0 aliphatic heterocycles. The number of hydrogen-bond acceptors (Lipinski definition) is 4. The highest BCUT2D eigenvalue weighted by Gasteiger charge is 2.25. The number of rotatable bonds is 8. The Balaban J connectivity index is 3.01. The van der Waals surface area contributed by atoms with E-state index in [1.807, 2.05) is 27.7 Å². The zero-order valence-electron chi connectivity index (χ0n) is 12.1.